The highest BCUT2D eigenvalue weighted by Gasteiger charge is 2.10. The van der Waals surface area contributed by atoms with Gasteiger partial charge in [-0.2, -0.15) is 10.2 Å². The average molecular weight is 613 g/mol. The van der Waals surface area contributed by atoms with E-state index in [1.807, 2.05) is 97.6 Å². The van der Waals surface area contributed by atoms with E-state index in [4.69, 9.17) is 11.5 Å². The van der Waals surface area contributed by atoms with E-state index in [2.05, 4.69) is 29.6 Å². The van der Waals surface area contributed by atoms with Crippen molar-refractivity contribution in [3.8, 4) is 11.5 Å². The van der Waals surface area contributed by atoms with E-state index < -0.39 is 0 Å². The van der Waals surface area contributed by atoms with Gasteiger partial charge in [0.1, 0.15) is 24.6 Å². The van der Waals surface area contributed by atoms with Crippen LogP contribution in [0.2, 0.25) is 0 Å². The number of unbranched alkanes of at least 4 members (excludes halogenated alkanes) is 3. The first-order valence-corrected chi connectivity index (χ1v) is 15.3. The van der Waals surface area contributed by atoms with Gasteiger partial charge in [-0.05, 0) is 12.8 Å². The first kappa shape index (κ1) is 30.1. The SMILES string of the molecule is Nc1c(O)cc(N=Nc2cc[n+](CCCCCC[n+]3ccc(N=Nc4cc(O)c(N)c5ccccc45)cc3)cc2)c2ccccc12. The third kappa shape index (κ3) is 6.91. The molecule has 0 aliphatic carbocycles. The zero-order valence-electron chi connectivity index (χ0n) is 25.4. The van der Waals surface area contributed by atoms with Crippen LogP contribution in [-0.2, 0) is 13.1 Å². The molecule has 0 aliphatic rings. The zero-order valence-corrected chi connectivity index (χ0v) is 25.4. The van der Waals surface area contributed by atoms with Gasteiger partial charge < -0.3 is 21.7 Å². The van der Waals surface area contributed by atoms with Crippen molar-refractivity contribution in [3.05, 3.63) is 110 Å². The number of aromatic nitrogens is 2. The minimum absolute atomic E-state index is 0.000779. The number of aromatic hydroxyl groups is 2. The number of nitrogens with zero attached hydrogens (tertiary/aromatic N) is 6. The molecule has 10 nitrogen and oxygen atoms in total. The van der Waals surface area contributed by atoms with E-state index in [0.29, 0.717) is 22.7 Å². The minimum Gasteiger partial charge on any atom is -0.506 e. The van der Waals surface area contributed by atoms with E-state index in [-0.39, 0.29) is 11.5 Å². The Balaban J connectivity index is 0.941. The number of pyridine rings is 2. The van der Waals surface area contributed by atoms with Crippen molar-refractivity contribution in [2.75, 3.05) is 11.5 Å². The minimum atomic E-state index is 0.000779. The molecule has 0 atom stereocenters. The fourth-order valence-electron chi connectivity index (χ4n) is 5.39. The summed E-state index contributed by atoms with van der Waals surface area (Å²) in [6.07, 6.45) is 12.5. The monoisotopic (exact) mass is 612 g/mol. The van der Waals surface area contributed by atoms with E-state index in [0.717, 1.165) is 71.7 Å². The largest absolute Gasteiger partial charge is 0.506 e. The van der Waals surface area contributed by atoms with Crippen LogP contribution in [0.15, 0.2) is 130 Å². The highest BCUT2D eigenvalue weighted by molar-refractivity contribution is 6.03. The predicted molar refractivity (Wildman–Crippen MR) is 180 cm³/mol. The number of aryl methyl sites for hydroxylation is 2. The Hall–Kier alpha value is -5.90. The molecule has 0 unspecified atom stereocenters. The summed E-state index contributed by atoms with van der Waals surface area (Å²) in [6.45, 7) is 1.86. The number of rotatable bonds is 11. The number of phenolic OH excluding ortho intramolecular Hbond substituents is 2. The maximum Gasteiger partial charge on any atom is 0.171 e. The molecule has 2 heterocycles. The number of azo groups is 2. The van der Waals surface area contributed by atoms with Crippen LogP contribution in [0.25, 0.3) is 21.5 Å². The van der Waals surface area contributed by atoms with Crippen LogP contribution in [0.4, 0.5) is 34.1 Å². The molecule has 0 spiro atoms. The summed E-state index contributed by atoms with van der Waals surface area (Å²) < 4.78 is 4.31. The van der Waals surface area contributed by atoms with Crippen molar-refractivity contribution in [3.63, 3.8) is 0 Å². The average Bonchev–Trinajstić information content (AvgIpc) is 3.09. The predicted octanol–water partition coefficient (Wildman–Crippen LogP) is 8.24. The fraction of sp³-hybridized carbons (Fsp3) is 0.167. The molecule has 0 aliphatic heterocycles. The van der Waals surface area contributed by atoms with Crippen LogP contribution in [0.1, 0.15) is 25.7 Å². The quantitative estimate of drug-likeness (QED) is 0.0383. The number of hydrogen-bond donors (Lipinski definition) is 4. The highest BCUT2D eigenvalue weighted by atomic mass is 16.3. The summed E-state index contributed by atoms with van der Waals surface area (Å²) in [5.74, 6) is 0.00156. The Bertz CT molecular complexity index is 1890. The molecule has 46 heavy (non-hydrogen) atoms. The summed E-state index contributed by atoms with van der Waals surface area (Å²) in [4.78, 5) is 0. The molecule has 2 aromatic heterocycles. The zero-order chi connectivity index (χ0) is 31.9. The summed E-state index contributed by atoms with van der Waals surface area (Å²) in [6, 6.07) is 26.0. The molecular weight excluding hydrogens is 576 g/mol. The fourth-order valence-corrected chi connectivity index (χ4v) is 5.39. The maximum atomic E-state index is 10.2. The first-order valence-electron chi connectivity index (χ1n) is 15.3. The Kier molecular flexibility index (Phi) is 9.05. The molecule has 0 radical (unpaired) electrons. The van der Waals surface area contributed by atoms with Gasteiger partial charge in [-0.1, -0.05) is 48.5 Å². The molecule has 6 N–H and O–H groups in total. The van der Waals surface area contributed by atoms with Crippen LogP contribution < -0.4 is 20.6 Å². The van der Waals surface area contributed by atoms with Crippen LogP contribution in [0.3, 0.4) is 0 Å². The first-order chi connectivity index (χ1) is 22.5. The van der Waals surface area contributed by atoms with Gasteiger partial charge in [-0.3, -0.25) is 0 Å². The molecular formula is C36H36N8O2+2. The number of nitrogens with two attached hydrogens (primary N) is 2. The molecule has 0 bridgehead atoms. The van der Waals surface area contributed by atoms with Crippen molar-refractivity contribution in [2.24, 2.45) is 20.5 Å². The van der Waals surface area contributed by atoms with E-state index in [9.17, 15) is 10.2 Å². The molecule has 10 heteroatoms. The Morgan fingerprint density at radius 2 is 0.848 bits per heavy atom. The van der Waals surface area contributed by atoms with Gasteiger partial charge in [-0.25, -0.2) is 9.13 Å². The van der Waals surface area contributed by atoms with Crippen LogP contribution in [0.5, 0.6) is 11.5 Å². The number of benzene rings is 4. The van der Waals surface area contributed by atoms with Gasteiger partial charge >= 0.3 is 0 Å². The summed E-state index contributed by atoms with van der Waals surface area (Å²) in [5, 5.41) is 41.0. The van der Waals surface area contributed by atoms with Crippen molar-refractivity contribution < 1.29 is 19.3 Å². The van der Waals surface area contributed by atoms with Crippen LogP contribution >= 0.6 is 0 Å². The molecule has 6 rings (SSSR count). The Labute approximate surface area is 266 Å². The van der Waals surface area contributed by atoms with Crippen molar-refractivity contribution in [1.82, 2.24) is 0 Å². The molecule has 0 fully saturated rings. The van der Waals surface area contributed by atoms with Crippen molar-refractivity contribution >= 4 is 55.7 Å². The second-order valence-electron chi connectivity index (χ2n) is 11.2. The third-order valence-electron chi connectivity index (χ3n) is 7.96. The second-order valence-corrected chi connectivity index (χ2v) is 11.2. The lowest BCUT2D eigenvalue weighted by Gasteiger charge is -2.06. The molecule has 4 aromatic carbocycles. The molecule has 230 valence electrons. The Morgan fingerprint density at radius 1 is 0.478 bits per heavy atom. The standard InChI is InChI=1S/C36H34N8O2/c37-35-29-11-5-3-9-27(29)31(23-33(35)45)41-39-25-13-19-43(20-14-25)17-7-1-2-8-18-44-21-15-26(16-22-44)40-42-32-24-34(46)36(38)30-12-6-4-10-28(30)32/h3-6,9-16,19-24,37-38H,1-2,7-8,17-18H2,(H2,41,42,45,46)/p+2. The number of fused-ring (bicyclic) bond motifs is 2. The summed E-state index contributed by atoms with van der Waals surface area (Å²) in [5.41, 5.74) is 15.3. The van der Waals surface area contributed by atoms with Crippen molar-refractivity contribution in [1.29, 1.82) is 0 Å². The van der Waals surface area contributed by atoms with E-state index in [1.54, 1.807) is 12.1 Å². The van der Waals surface area contributed by atoms with Gasteiger partial charge in [0.05, 0.1) is 34.1 Å². The summed E-state index contributed by atoms with van der Waals surface area (Å²) >= 11 is 0. The van der Waals surface area contributed by atoms with Gasteiger partial charge in [0.2, 0.25) is 0 Å². The van der Waals surface area contributed by atoms with Gasteiger partial charge in [-0.15, -0.1) is 10.2 Å². The number of hydrogen-bond acceptors (Lipinski definition) is 8. The lowest BCUT2D eigenvalue weighted by molar-refractivity contribution is -0.698. The lowest BCUT2D eigenvalue weighted by atomic mass is 10.1. The number of nitrogen functional groups attached to an aromatic ring is 2. The van der Waals surface area contributed by atoms with Gasteiger partial charge in [0, 0.05) is 70.8 Å². The van der Waals surface area contributed by atoms with Crippen molar-refractivity contribution in [2.45, 2.75) is 38.8 Å². The highest BCUT2D eigenvalue weighted by Crippen LogP contribution is 2.39. The van der Waals surface area contributed by atoms with Crippen LogP contribution in [0, 0.1) is 0 Å². The number of phenols is 2. The normalized spacial score (nSPS) is 11.7. The molecule has 0 amide bonds. The van der Waals surface area contributed by atoms with Gasteiger partial charge in [0.15, 0.2) is 24.8 Å². The van der Waals surface area contributed by atoms with E-state index in [1.165, 1.54) is 0 Å². The van der Waals surface area contributed by atoms with Gasteiger partial charge in [0.25, 0.3) is 0 Å². The Morgan fingerprint density at radius 3 is 1.24 bits per heavy atom. The third-order valence-corrected chi connectivity index (χ3v) is 7.96. The number of anilines is 2. The van der Waals surface area contributed by atoms with Crippen LogP contribution in [-0.4, -0.2) is 10.2 Å². The molecule has 0 saturated heterocycles. The lowest BCUT2D eigenvalue weighted by Crippen LogP contribution is -2.33. The second kappa shape index (κ2) is 13.8. The topological polar surface area (TPSA) is 150 Å². The summed E-state index contributed by atoms with van der Waals surface area (Å²) in [7, 11) is 0. The van der Waals surface area contributed by atoms with E-state index >= 15 is 0 Å². The smallest absolute Gasteiger partial charge is 0.171 e. The molecule has 6 aromatic rings. The molecule has 0 saturated carbocycles. The maximum absolute atomic E-state index is 10.2.